The predicted molar refractivity (Wildman–Crippen MR) is 151 cm³/mol. The first kappa shape index (κ1) is 27.7. The number of aromatic hydroxyl groups is 1. The van der Waals surface area contributed by atoms with E-state index in [-0.39, 0.29) is 24.5 Å². The molecule has 4 aromatic rings. The summed E-state index contributed by atoms with van der Waals surface area (Å²) in [5.74, 6) is -0.253. The van der Waals surface area contributed by atoms with Crippen LogP contribution in [-0.2, 0) is 22.4 Å². The molecule has 0 bridgehead atoms. The number of nitrogens with two attached hydrogens (primary N) is 1. The van der Waals surface area contributed by atoms with Crippen LogP contribution in [0.1, 0.15) is 55.8 Å². The lowest BCUT2D eigenvalue weighted by atomic mass is 10.0. The highest BCUT2D eigenvalue weighted by Gasteiger charge is 2.17. The van der Waals surface area contributed by atoms with E-state index in [0.717, 1.165) is 34.8 Å². The molecule has 2 aromatic carbocycles. The largest absolute Gasteiger partial charge is 0.508 e. The Morgan fingerprint density at radius 3 is 2.38 bits per heavy atom. The minimum atomic E-state index is -0.847. The molecule has 0 saturated heterocycles. The van der Waals surface area contributed by atoms with Crippen molar-refractivity contribution >= 4 is 11.8 Å². The number of imide groups is 1. The van der Waals surface area contributed by atoms with E-state index in [4.69, 9.17) is 10.8 Å². The van der Waals surface area contributed by atoms with Crippen LogP contribution in [0.15, 0.2) is 79.0 Å². The number of amides is 2. The molecule has 2 heterocycles. The molecule has 0 aliphatic carbocycles. The summed E-state index contributed by atoms with van der Waals surface area (Å²) in [7, 11) is 0. The van der Waals surface area contributed by atoms with E-state index in [1.807, 2.05) is 28.9 Å². The number of carbonyl (C=O) groups is 2. The van der Waals surface area contributed by atoms with Crippen LogP contribution in [0.4, 0.5) is 0 Å². The Labute approximate surface area is 228 Å². The van der Waals surface area contributed by atoms with E-state index in [9.17, 15) is 14.7 Å². The number of hydrogen-bond donors (Lipinski definition) is 3. The third kappa shape index (κ3) is 7.61. The van der Waals surface area contributed by atoms with Crippen molar-refractivity contribution in [3.05, 3.63) is 95.8 Å². The van der Waals surface area contributed by atoms with Gasteiger partial charge in [0.15, 0.2) is 0 Å². The number of unbranched alkanes of at least 4 members (excludes halogenated alkanes) is 1. The molecular formula is C31H35N5O3. The number of phenols is 1. The van der Waals surface area contributed by atoms with Crippen molar-refractivity contribution in [3.63, 3.8) is 0 Å². The van der Waals surface area contributed by atoms with Gasteiger partial charge in [0.1, 0.15) is 11.4 Å². The summed E-state index contributed by atoms with van der Waals surface area (Å²) in [6.45, 7) is 4.33. The molecule has 8 heteroatoms. The summed E-state index contributed by atoms with van der Waals surface area (Å²) in [6, 6.07) is 21.8. The van der Waals surface area contributed by atoms with Gasteiger partial charge >= 0.3 is 0 Å². The number of nitrogens with one attached hydrogen (secondary N) is 1. The van der Waals surface area contributed by atoms with Gasteiger partial charge in [-0.3, -0.25) is 19.9 Å². The Morgan fingerprint density at radius 1 is 0.974 bits per heavy atom. The van der Waals surface area contributed by atoms with E-state index in [2.05, 4.69) is 48.4 Å². The molecule has 0 unspecified atom stereocenters. The monoisotopic (exact) mass is 525 g/mol. The van der Waals surface area contributed by atoms with Crippen LogP contribution in [0.25, 0.3) is 17.1 Å². The second kappa shape index (κ2) is 13.0. The number of benzene rings is 2. The first-order valence-electron chi connectivity index (χ1n) is 13.3. The van der Waals surface area contributed by atoms with Crippen LogP contribution in [0.3, 0.4) is 0 Å². The lowest BCUT2D eigenvalue weighted by Crippen LogP contribution is -2.44. The summed E-state index contributed by atoms with van der Waals surface area (Å²) < 4.78 is 1.94. The zero-order valence-electron chi connectivity index (χ0n) is 22.4. The molecule has 0 radical (unpaired) electrons. The van der Waals surface area contributed by atoms with Crippen molar-refractivity contribution in [2.45, 2.75) is 57.9 Å². The highest BCUT2D eigenvalue weighted by Crippen LogP contribution is 2.23. The van der Waals surface area contributed by atoms with Crippen molar-refractivity contribution in [2.24, 2.45) is 5.73 Å². The molecule has 39 heavy (non-hydrogen) atoms. The topological polar surface area (TPSA) is 123 Å². The van der Waals surface area contributed by atoms with Crippen LogP contribution < -0.4 is 11.1 Å². The maximum absolute atomic E-state index is 12.4. The van der Waals surface area contributed by atoms with Crippen molar-refractivity contribution in [3.8, 4) is 22.8 Å². The van der Waals surface area contributed by atoms with Crippen molar-refractivity contribution in [2.75, 3.05) is 0 Å². The highest BCUT2D eigenvalue weighted by atomic mass is 16.3. The normalized spacial score (nSPS) is 11.9. The average molecular weight is 526 g/mol. The smallest absolute Gasteiger partial charge is 0.243 e. The Bertz CT molecular complexity index is 1380. The van der Waals surface area contributed by atoms with Crippen LogP contribution in [0, 0.1) is 0 Å². The summed E-state index contributed by atoms with van der Waals surface area (Å²) in [6.07, 6.45) is 4.33. The van der Waals surface area contributed by atoms with Gasteiger partial charge in [-0.15, -0.1) is 0 Å². The zero-order valence-corrected chi connectivity index (χ0v) is 22.4. The maximum Gasteiger partial charge on any atom is 0.243 e. The van der Waals surface area contributed by atoms with E-state index in [1.54, 1.807) is 18.3 Å². The number of phenolic OH excluding ortho intramolecular Hbond substituents is 1. The Morgan fingerprint density at radius 2 is 1.72 bits per heavy atom. The molecule has 8 nitrogen and oxygen atoms in total. The Balaban J connectivity index is 1.34. The molecule has 0 fully saturated rings. The standard InChI is InChI=1S/C31H35N5O3/c1-21(2)23-12-14-24(15-13-23)36-25(20-29(35-36)28-8-5-6-18-33-28)7-3-4-9-30(38)34-31(39)27(32)19-22-10-16-26(37)17-11-22/h5-6,8,10-18,20-21,27,37H,3-4,7,9,19,32H2,1-2H3,(H,34,38,39)/t27-/m0/s1. The third-order valence-electron chi connectivity index (χ3n) is 6.59. The van der Waals surface area contributed by atoms with Crippen LogP contribution in [0.2, 0.25) is 0 Å². The second-order valence-electron chi connectivity index (χ2n) is 9.99. The molecule has 4 N–H and O–H groups in total. The van der Waals surface area contributed by atoms with Gasteiger partial charge in [0.2, 0.25) is 11.8 Å². The molecule has 1 atom stereocenters. The zero-order chi connectivity index (χ0) is 27.8. The molecule has 202 valence electrons. The van der Waals surface area contributed by atoms with Gasteiger partial charge in [0, 0.05) is 18.3 Å². The predicted octanol–water partition coefficient (Wildman–Crippen LogP) is 4.69. The number of aryl methyl sites for hydroxylation is 1. The fourth-order valence-corrected chi connectivity index (χ4v) is 4.32. The van der Waals surface area contributed by atoms with E-state index >= 15 is 0 Å². The second-order valence-corrected chi connectivity index (χ2v) is 9.99. The van der Waals surface area contributed by atoms with Gasteiger partial charge in [-0.1, -0.05) is 44.2 Å². The van der Waals surface area contributed by atoms with E-state index < -0.39 is 11.9 Å². The molecule has 2 aromatic heterocycles. The molecular weight excluding hydrogens is 490 g/mol. The van der Waals surface area contributed by atoms with Gasteiger partial charge in [-0.2, -0.15) is 5.10 Å². The maximum atomic E-state index is 12.4. The number of carbonyl (C=O) groups excluding carboxylic acids is 2. The summed E-state index contributed by atoms with van der Waals surface area (Å²) >= 11 is 0. The fourth-order valence-electron chi connectivity index (χ4n) is 4.32. The van der Waals surface area contributed by atoms with Gasteiger partial charge in [0.25, 0.3) is 0 Å². The number of aromatic nitrogens is 3. The minimum Gasteiger partial charge on any atom is -0.508 e. The molecule has 0 aliphatic heterocycles. The average Bonchev–Trinajstić information content (AvgIpc) is 3.37. The first-order chi connectivity index (χ1) is 18.8. The summed E-state index contributed by atoms with van der Waals surface area (Å²) in [4.78, 5) is 29.2. The SMILES string of the molecule is CC(C)c1ccc(-n2nc(-c3ccccn3)cc2CCCCC(=O)NC(=O)[C@@H](N)Cc2ccc(O)cc2)cc1. The van der Waals surface area contributed by atoms with E-state index in [1.165, 1.54) is 17.7 Å². The molecule has 4 rings (SSSR count). The Hall–Kier alpha value is -4.30. The molecule has 0 saturated carbocycles. The van der Waals surface area contributed by atoms with Crippen LogP contribution in [0.5, 0.6) is 5.75 Å². The lowest BCUT2D eigenvalue weighted by molar-refractivity contribution is -0.131. The summed E-state index contributed by atoms with van der Waals surface area (Å²) in [5.41, 5.74) is 11.6. The number of nitrogens with zero attached hydrogens (tertiary/aromatic N) is 3. The lowest BCUT2D eigenvalue weighted by Gasteiger charge is -2.12. The Kier molecular flexibility index (Phi) is 9.22. The third-order valence-corrected chi connectivity index (χ3v) is 6.59. The minimum absolute atomic E-state index is 0.145. The quantitative estimate of drug-likeness (QED) is 0.244. The van der Waals surface area contributed by atoms with Crippen LogP contribution >= 0.6 is 0 Å². The van der Waals surface area contributed by atoms with Crippen molar-refractivity contribution in [1.29, 1.82) is 0 Å². The number of hydrogen-bond acceptors (Lipinski definition) is 6. The van der Waals surface area contributed by atoms with Gasteiger partial charge in [-0.25, -0.2) is 4.68 Å². The van der Waals surface area contributed by atoms with Gasteiger partial charge < -0.3 is 10.8 Å². The first-order valence-corrected chi connectivity index (χ1v) is 13.3. The van der Waals surface area contributed by atoms with E-state index in [0.29, 0.717) is 18.8 Å². The molecule has 0 aliphatic rings. The van der Waals surface area contributed by atoms with Crippen molar-refractivity contribution < 1.29 is 14.7 Å². The van der Waals surface area contributed by atoms with Gasteiger partial charge in [0.05, 0.1) is 17.4 Å². The van der Waals surface area contributed by atoms with Gasteiger partial charge in [-0.05, 0) is 85.2 Å². The van der Waals surface area contributed by atoms with Crippen LogP contribution in [-0.4, -0.2) is 37.7 Å². The number of rotatable bonds is 11. The molecule has 0 spiro atoms. The summed E-state index contributed by atoms with van der Waals surface area (Å²) in [5, 5.41) is 16.6. The number of pyridine rings is 1. The highest BCUT2D eigenvalue weighted by molar-refractivity contribution is 5.97. The van der Waals surface area contributed by atoms with Crippen molar-refractivity contribution in [1.82, 2.24) is 20.1 Å². The fraction of sp³-hybridized carbons (Fsp3) is 0.290. The molecule has 2 amide bonds.